The second kappa shape index (κ2) is 4.51. The molecule has 0 unspecified atom stereocenters. The maximum atomic E-state index is 12.2. The van der Waals surface area contributed by atoms with Gasteiger partial charge in [0.15, 0.2) is 5.69 Å². The summed E-state index contributed by atoms with van der Waals surface area (Å²) in [6.45, 7) is 0.294. The first kappa shape index (κ1) is 12.1. The van der Waals surface area contributed by atoms with E-state index < -0.39 is 11.9 Å². The van der Waals surface area contributed by atoms with Crippen LogP contribution in [0.5, 0.6) is 0 Å². The Morgan fingerprint density at radius 1 is 1.28 bits per heavy atom. The minimum atomic E-state index is -4.49. The third-order valence-corrected chi connectivity index (χ3v) is 2.17. The number of aromatic nitrogens is 4. The highest BCUT2D eigenvalue weighted by molar-refractivity contribution is 5.41. The van der Waals surface area contributed by atoms with Crippen molar-refractivity contribution < 1.29 is 13.2 Å². The molecule has 0 bridgehead atoms. The molecule has 2 heterocycles. The molecule has 0 aliphatic heterocycles. The van der Waals surface area contributed by atoms with Crippen molar-refractivity contribution in [3.05, 3.63) is 29.6 Å². The van der Waals surface area contributed by atoms with Gasteiger partial charge in [0.2, 0.25) is 0 Å². The van der Waals surface area contributed by atoms with E-state index in [-0.39, 0.29) is 5.82 Å². The van der Waals surface area contributed by atoms with Crippen LogP contribution in [0.4, 0.5) is 24.8 Å². The number of H-pyrrole nitrogens is 1. The van der Waals surface area contributed by atoms with Gasteiger partial charge in [-0.3, -0.25) is 5.10 Å². The molecule has 9 heteroatoms. The van der Waals surface area contributed by atoms with E-state index >= 15 is 0 Å². The third-order valence-electron chi connectivity index (χ3n) is 2.17. The number of aromatic amines is 1. The molecular weight excluding hydrogens is 249 g/mol. The monoisotopic (exact) mass is 258 g/mol. The summed E-state index contributed by atoms with van der Waals surface area (Å²) in [7, 11) is 0. The fraction of sp³-hybridized carbons (Fsp3) is 0.222. The maximum Gasteiger partial charge on any atom is 0.435 e. The largest absolute Gasteiger partial charge is 0.435 e. The number of nitrogens with two attached hydrogens (primary N) is 1. The van der Waals surface area contributed by atoms with Gasteiger partial charge in [-0.15, -0.1) is 10.2 Å². The Morgan fingerprint density at radius 2 is 2.06 bits per heavy atom. The van der Waals surface area contributed by atoms with Crippen LogP contribution in [0.3, 0.4) is 0 Å². The lowest BCUT2D eigenvalue weighted by molar-refractivity contribution is -0.141. The fourth-order valence-electron chi connectivity index (χ4n) is 1.23. The fourth-order valence-corrected chi connectivity index (χ4v) is 1.23. The van der Waals surface area contributed by atoms with Crippen LogP contribution in [-0.4, -0.2) is 20.4 Å². The van der Waals surface area contributed by atoms with Crippen LogP contribution in [-0.2, 0) is 12.7 Å². The zero-order valence-electron chi connectivity index (χ0n) is 8.99. The zero-order chi connectivity index (χ0) is 13.2. The van der Waals surface area contributed by atoms with Gasteiger partial charge in [-0.2, -0.15) is 18.3 Å². The first-order chi connectivity index (χ1) is 8.47. The molecule has 96 valence electrons. The Labute approximate surface area is 99.4 Å². The number of alkyl halides is 3. The molecule has 2 aromatic rings. The first-order valence-electron chi connectivity index (χ1n) is 4.89. The van der Waals surface area contributed by atoms with Crippen LogP contribution in [0.2, 0.25) is 0 Å². The number of hydrogen-bond donors (Lipinski definition) is 3. The average Bonchev–Trinajstić information content (AvgIpc) is 2.72. The minimum absolute atomic E-state index is 0.226. The van der Waals surface area contributed by atoms with Gasteiger partial charge in [-0.25, -0.2) is 0 Å². The highest BCUT2D eigenvalue weighted by Gasteiger charge is 2.32. The second-order valence-corrected chi connectivity index (χ2v) is 3.46. The number of nitrogen functional groups attached to an aromatic ring is 1. The van der Waals surface area contributed by atoms with Crippen molar-refractivity contribution in [2.45, 2.75) is 12.7 Å². The van der Waals surface area contributed by atoms with E-state index in [1.165, 1.54) is 12.3 Å². The molecule has 2 rings (SSSR count). The molecule has 0 aromatic carbocycles. The van der Waals surface area contributed by atoms with Gasteiger partial charge in [-0.05, 0) is 12.1 Å². The van der Waals surface area contributed by atoms with Gasteiger partial charge < -0.3 is 11.1 Å². The summed E-state index contributed by atoms with van der Waals surface area (Å²) in [5.41, 5.74) is 5.20. The van der Waals surface area contributed by atoms with Gasteiger partial charge in [0, 0.05) is 12.1 Å². The number of rotatable bonds is 3. The van der Waals surface area contributed by atoms with E-state index in [1.54, 1.807) is 0 Å². The molecule has 6 nitrogen and oxygen atoms in total. The molecule has 0 saturated heterocycles. The molecule has 0 amide bonds. The number of nitrogens with zero attached hydrogens (tertiary/aromatic N) is 3. The van der Waals surface area contributed by atoms with Crippen LogP contribution in [0.15, 0.2) is 18.3 Å². The maximum absolute atomic E-state index is 12.2. The van der Waals surface area contributed by atoms with Crippen LogP contribution in [0.25, 0.3) is 0 Å². The van der Waals surface area contributed by atoms with Crippen molar-refractivity contribution in [2.24, 2.45) is 0 Å². The molecule has 0 fully saturated rings. The molecule has 0 radical (unpaired) electrons. The quantitative estimate of drug-likeness (QED) is 0.774. The van der Waals surface area contributed by atoms with Crippen molar-refractivity contribution >= 4 is 11.6 Å². The summed E-state index contributed by atoms with van der Waals surface area (Å²) in [5, 5.41) is 15.5. The molecule has 0 aliphatic carbocycles. The van der Waals surface area contributed by atoms with Crippen molar-refractivity contribution in [2.75, 3.05) is 11.1 Å². The summed E-state index contributed by atoms with van der Waals surface area (Å²) in [5.74, 6) is 0.617. The Balaban J connectivity index is 2.01. The Morgan fingerprint density at radius 3 is 2.56 bits per heavy atom. The van der Waals surface area contributed by atoms with E-state index in [1.807, 2.05) is 0 Å². The van der Waals surface area contributed by atoms with E-state index in [0.29, 0.717) is 17.9 Å². The SMILES string of the molecule is Nc1[nH]ncc1CNc1ccc(C(F)(F)F)nn1. The average molecular weight is 258 g/mol. The lowest BCUT2D eigenvalue weighted by Gasteiger charge is -2.06. The van der Waals surface area contributed by atoms with Gasteiger partial charge in [-0.1, -0.05) is 0 Å². The molecule has 18 heavy (non-hydrogen) atoms. The van der Waals surface area contributed by atoms with Gasteiger partial charge >= 0.3 is 6.18 Å². The van der Waals surface area contributed by atoms with Crippen LogP contribution in [0.1, 0.15) is 11.3 Å². The lowest BCUT2D eigenvalue weighted by Crippen LogP contribution is -2.10. The van der Waals surface area contributed by atoms with E-state index in [9.17, 15) is 13.2 Å². The predicted octanol–water partition coefficient (Wildman–Crippen LogP) is 1.41. The Bertz CT molecular complexity index is 518. The van der Waals surface area contributed by atoms with E-state index in [0.717, 1.165) is 6.07 Å². The highest BCUT2D eigenvalue weighted by atomic mass is 19.4. The van der Waals surface area contributed by atoms with Crippen molar-refractivity contribution in [3.8, 4) is 0 Å². The van der Waals surface area contributed by atoms with E-state index in [2.05, 4.69) is 25.7 Å². The number of nitrogens with one attached hydrogen (secondary N) is 2. The smallest absolute Gasteiger partial charge is 0.384 e. The molecule has 4 N–H and O–H groups in total. The zero-order valence-corrected chi connectivity index (χ0v) is 8.99. The van der Waals surface area contributed by atoms with Crippen molar-refractivity contribution in [1.29, 1.82) is 0 Å². The molecule has 2 aromatic heterocycles. The van der Waals surface area contributed by atoms with Gasteiger partial charge in [0.1, 0.15) is 11.6 Å². The predicted molar refractivity (Wildman–Crippen MR) is 57.4 cm³/mol. The minimum Gasteiger partial charge on any atom is -0.384 e. The van der Waals surface area contributed by atoms with Crippen molar-refractivity contribution in [3.63, 3.8) is 0 Å². The van der Waals surface area contributed by atoms with Crippen molar-refractivity contribution in [1.82, 2.24) is 20.4 Å². The molecule has 0 atom stereocenters. The number of halogens is 3. The summed E-state index contributed by atoms with van der Waals surface area (Å²) >= 11 is 0. The van der Waals surface area contributed by atoms with Crippen LogP contribution < -0.4 is 11.1 Å². The van der Waals surface area contributed by atoms with Crippen LogP contribution in [0, 0.1) is 0 Å². The Hall–Kier alpha value is -2.32. The van der Waals surface area contributed by atoms with Crippen LogP contribution >= 0.6 is 0 Å². The summed E-state index contributed by atoms with van der Waals surface area (Å²) in [6, 6.07) is 2.06. The Kier molecular flexibility index (Phi) is 3.04. The summed E-state index contributed by atoms with van der Waals surface area (Å²) < 4.78 is 36.7. The third kappa shape index (κ3) is 2.67. The summed E-state index contributed by atoms with van der Waals surface area (Å²) in [4.78, 5) is 0. The second-order valence-electron chi connectivity index (χ2n) is 3.46. The molecule has 0 saturated carbocycles. The highest BCUT2D eigenvalue weighted by Crippen LogP contribution is 2.27. The summed E-state index contributed by atoms with van der Waals surface area (Å²) in [6.07, 6.45) is -2.97. The molecule has 0 aliphatic rings. The van der Waals surface area contributed by atoms with E-state index in [4.69, 9.17) is 5.73 Å². The first-order valence-corrected chi connectivity index (χ1v) is 4.89. The molecular formula is C9H9F3N6. The van der Waals surface area contributed by atoms with Gasteiger partial charge in [0.05, 0.1) is 6.20 Å². The number of anilines is 2. The lowest BCUT2D eigenvalue weighted by atomic mass is 10.3. The topological polar surface area (TPSA) is 92.5 Å². The molecule has 0 spiro atoms. The standard InChI is InChI=1S/C9H9F3N6/c10-9(11,12)6-1-2-7(17-16-6)14-3-5-4-15-18-8(5)13/h1-2,4H,3H2,(H,14,17)(H3,13,15,18). The number of hydrogen-bond acceptors (Lipinski definition) is 5. The van der Waals surface area contributed by atoms with Gasteiger partial charge in [0.25, 0.3) is 0 Å². The normalized spacial score (nSPS) is 11.5.